The molecule has 0 aliphatic carbocycles. The molecule has 2 rings (SSSR count). The van der Waals surface area contributed by atoms with Gasteiger partial charge in [-0.25, -0.2) is 8.42 Å². The van der Waals surface area contributed by atoms with Crippen molar-refractivity contribution in [3.8, 4) is 0 Å². The lowest BCUT2D eigenvalue weighted by molar-refractivity contribution is 0.0572. The van der Waals surface area contributed by atoms with E-state index in [1.165, 1.54) is 4.31 Å². The molecule has 2 saturated heterocycles. The van der Waals surface area contributed by atoms with Gasteiger partial charge in [0, 0.05) is 19.1 Å². The Bertz CT molecular complexity index is 343. The zero-order valence-corrected chi connectivity index (χ0v) is 10.6. The summed E-state index contributed by atoms with van der Waals surface area (Å²) in [6.07, 6.45) is 1.11. The van der Waals surface area contributed by atoms with Gasteiger partial charge in [0.1, 0.15) is 0 Å². The van der Waals surface area contributed by atoms with Gasteiger partial charge in [-0.1, -0.05) is 6.42 Å². The van der Waals surface area contributed by atoms with Crippen molar-refractivity contribution in [1.29, 1.82) is 0 Å². The first-order valence-electron chi connectivity index (χ1n) is 6.06. The Morgan fingerprint density at radius 1 is 1.18 bits per heavy atom. The SMILES string of the molecule is O=S(=O)(CC1CCCCN1)N1CC(O)C(O)C1. The van der Waals surface area contributed by atoms with E-state index < -0.39 is 22.2 Å². The number of rotatable bonds is 3. The number of hydrogen-bond acceptors (Lipinski definition) is 5. The van der Waals surface area contributed by atoms with Crippen LogP contribution >= 0.6 is 0 Å². The fraction of sp³-hybridized carbons (Fsp3) is 1.00. The van der Waals surface area contributed by atoms with Crippen molar-refractivity contribution in [3.05, 3.63) is 0 Å². The third kappa shape index (κ3) is 3.17. The Balaban J connectivity index is 1.94. The van der Waals surface area contributed by atoms with Gasteiger partial charge in [0.2, 0.25) is 10.0 Å². The second-order valence-corrected chi connectivity index (χ2v) is 6.89. The number of sulfonamides is 1. The molecule has 2 heterocycles. The number of piperidine rings is 1. The minimum Gasteiger partial charge on any atom is -0.389 e. The van der Waals surface area contributed by atoms with Crippen molar-refractivity contribution < 1.29 is 18.6 Å². The lowest BCUT2D eigenvalue weighted by atomic mass is 10.1. The summed E-state index contributed by atoms with van der Waals surface area (Å²) in [6.45, 7) is 0.887. The molecule has 0 bridgehead atoms. The molecule has 0 spiro atoms. The summed E-state index contributed by atoms with van der Waals surface area (Å²) in [4.78, 5) is 0. The summed E-state index contributed by atoms with van der Waals surface area (Å²) in [5.41, 5.74) is 0. The van der Waals surface area contributed by atoms with Gasteiger partial charge in [0.25, 0.3) is 0 Å². The topological polar surface area (TPSA) is 89.9 Å². The first kappa shape index (κ1) is 13.2. The molecule has 3 unspecified atom stereocenters. The van der Waals surface area contributed by atoms with Gasteiger partial charge >= 0.3 is 0 Å². The van der Waals surface area contributed by atoms with E-state index in [-0.39, 0.29) is 24.9 Å². The maximum Gasteiger partial charge on any atom is 0.215 e. The highest BCUT2D eigenvalue weighted by molar-refractivity contribution is 7.89. The number of nitrogens with zero attached hydrogens (tertiary/aromatic N) is 1. The fourth-order valence-corrected chi connectivity index (χ4v) is 4.15. The van der Waals surface area contributed by atoms with E-state index in [0.29, 0.717) is 0 Å². The minimum absolute atomic E-state index is 0.00337. The largest absolute Gasteiger partial charge is 0.389 e. The Morgan fingerprint density at radius 2 is 1.82 bits per heavy atom. The van der Waals surface area contributed by atoms with Crippen LogP contribution in [0.2, 0.25) is 0 Å². The van der Waals surface area contributed by atoms with E-state index in [4.69, 9.17) is 0 Å². The van der Waals surface area contributed by atoms with Gasteiger partial charge in [-0.2, -0.15) is 4.31 Å². The fourth-order valence-electron chi connectivity index (χ4n) is 2.39. The molecule has 100 valence electrons. The van der Waals surface area contributed by atoms with E-state index in [2.05, 4.69) is 5.32 Å². The number of nitrogens with one attached hydrogen (secondary N) is 1. The van der Waals surface area contributed by atoms with Crippen molar-refractivity contribution in [3.63, 3.8) is 0 Å². The molecule has 0 saturated carbocycles. The zero-order valence-electron chi connectivity index (χ0n) is 9.75. The highest BCUT2D eigenvalue weighted by atomic mass is 32.2. The molecule has 6 nitrogen and oxygen atoms in total. The normalized spacial score (nSPS) is 36.2. The monoisotopic (exact) mass is 264 g/mol. The summed E-state index contributed by atoms with van der Waals surface area (Å²) < 4.78 is 25.3. The van der Waals surface area contributed by atoms with Crippen LogP contribution in [0.25, 0.3) is 0 Å². The van der Waals surface area contributed by atoms with Crippen LogP contribution in [0.15, 0.2) is 0 Å². The number of β-amino-alcohol motifs (C(OH)–C–C–N with tert-alkyl or cyclic N) is 2. The van der Waals surface area contributed by atoms with E-state index in [9.17, 15) is 18.6 Å². The predicted molar refractivity (Wildman–Crippen MR) is 63.0 cm³/mol. The highest BCUT2D eigenvalue weighted by Gasteiger charge is 2.37. The van der Waals surface area contributed by atoms with Gasteiger partial charge in [0.15, 0.2) is 0 Å². The van der Waals surface area contributed by atoms with E-state index in [1.54, 1.807) is 0 Å². The molecule has 0 aromatic rings. The van der Waals surface area contributed by atoms with Crippen LogP contribution in [0, 0.1) is 0 Å². The summed E-state index contributed by atoms with van der Waals surface area (Å²) in [5.74, 6) is 0.0619. The molecular weight excluding hydrogens is 244 g/mol. The van der Waals surface area contributed by atoms with Crippen LogP contribution in [0.1, 0.15) is 19.3 Å². The second-order valence-electron chi connectivity index (χ2n) is 4.88. The molecule has 17 heavy (non-hydrogen) atoms. The molecule has 2 aliphatic heterocycles. The lowest BCUT2D eigenvalue weighted by Gasteiger charge is -2.25. The number of aliphatic hydroxyl groups is 2. The average molecular weight is 264 g/mol. The zero-order chi connectivity index (χ0) is 12.5. The molecule has 2 fully saturated rings. The molecule has 3 N–H and O–H groups in total. The molecule has 2 aliphatic rings. The molecule has 0 aromatic heterocycles. The van der Waals surface area contributed by atoms with Gasteiger partial charge in [-0.3, -0.25) is 0 Å². The minimum atomic E-state index is -3.37. The van der Waals surface area contributed by atoms with Crippen LogP contribution in [0.3, 0.4) is 0 Å². The van der Waals surface area contributed by atoms with Gasteiger partial charge in [-0.05, 0) is 19.4 Å². The van der Waals surface area contributed by atoms with Crippen LogP contribution < -0.4 is 5.32 Å². The van der Waals surface area contributed by atoms with Crippen molar-refractivity contribution in [2.45, 2.75) is 37.5 Å². The van der Waals surface area contributed by atoms with Crippen molar-refractivity contribution >= 4 is 10.0 Å². The summed E-state index contributed by atoms with van der Waals surface area (Å²) >= 11 is 0. The highest BCUT2D eigenvalue weighted by Crippen LogP contribution is 2.17. The molecule has 0 amide bonds. The first-order valence-corrected chi connectivity index (χ1v) is 7.67. The molecular formula is C10H20N2O4S. The van der Waals surface area contributed by atoms with Crippen LogP contribution in [0.4, 0.5) is 0 Å². The van der Waals surface area contributed by atoms with Crippen LogP contribution in [0.5, 0.6) is 0 Å². The summed E-state index contributed by atoms with van der Waals surface area (Å²) in [7, 11) is -3.37. The van der Waals surface area contributed by atoms with E-state index in [1.807, 2.05) is 0 Å². The van der Waals surface area contributed by atoms with Gasteiger partial charge < -0.3 is 15.5 Å². The second kappa shape index (κ2) is 5.19. The maximum absolute atomic E-state index is 12.1. The summed E-state index contributed by atoms with van der Waals surface area (Å²) in [6, 6.07) is 0.00337. The van der Waals surface area contributed by atoms with E-state index in [0.717, 1.165) is 25.8 Å². The van der Waals surface area contributed by atoms with Crippen molar-refractivity contribution in [2.75, 3.05) is 25.4 Å². The quantitative estimate of drug-likeness (QED) is 0.577. The van der Waals surface area contributed by atoms with Crippen LogP contribution in [-0.4, -0.2) is 66.6 Å². The van der Waals surface area contributed by atoms with Crippen molar-refractivity contribution in [1.82, 2.24) is 9.62 Å². The standard InChI is InChI=1S/C10H20N2O4S/c13-9-5-12(6-10(9)14)17(15,16)7-8-3-1-2-4-11-8/h8-11,13-14H,1-7H2. The predicted octanol–water partition coefficient (Wildman–Crippen LogP) is -1.50. The summed E-state index contributed by atoms with van der Waals surface area (Å²) in [5, 5.41) is 21.9. The Labute approximate surface area is 102 Å². The Hall–Kier alpha value is -0.210. The molecule has 0 radical (unpaired) electrons. The van der Waals surface area contributed by atoms with Gasteiger partial charge in [0.05, 0.1) is 18.0 Å². The third-order valence-corrected chi connectivity index (χ3v) is 5.35. The smallest absolute Gasteiger partial charge is 0.215 e. The third-order valence-electron chi connectivity index (χ3n) is 3.44. The Kier molecular flexibility index (Phi) is 4.04. The number of hydrogen-bond donors (Lipinski definition) is 3. The Morgan fingerprint density at radius 3 is 2.35 bits per heavy atom. The average Bonchev–Trinajstić information content (AvgIpc) is 2.61. The van der Waals surface area contributed by atoms with Crippen LogP contribution in [-0.2, 0) is 10.0 Å². The van der Waals surface area contributed by atoms with E-state index >= 15 is 0 Å². The lowest BCUT2D eigenvalue weighted by Crippen LogP contribution is -2.43. The number of aliphatic hydroxyl groups excluding tert-OH is 2. The van der Waals surface area contributed by atoms with Gasteiger partial charge in [-0.15, -0.1) is 0 Å². The molecule has 7 heteroatoms. The molecule has 0 aromatic carbocycles. The molecule has 3 atom stereocenters. The maximum atomic E-state index is 12.1. The first-order chi connectivity index (χ1) is 7.99. The van der Waals surface area contributed by atoms with Crippen molar-refractivity contribution in [2.24, 2.45) is 0 Å².